The minimum atomic E-state index is 0.0871. The van der Waals surface area contributed by atoms with Crippen LogP contribution in [-0.4, -0.2) is 37.5 Å². The molecular weight excluding hydrogens is 152 g/mol. The molecule has 0 aromatic carbocycles. The molecule has 3 heteroatoms. The molecule has 0 heterocycles. The normalized spacial score (nSPS) is 9.50. The van der Waals surface area contributed by atoms with Gasteiger partial charge in [0.25, 0.3) is 0 Å². The van der Waals surface area contributed by atoms with E-state index in [9.17, 15) is 4.79 Å². The van der Waals surface area contributed by atoms with Crippen molar-refractivity contribution in [2.75, 3.05) is 26.7 Å². The van der Waals surface area contributed by atoms with E-state index in [1.165, 1.54) is 0 Å². The predicted octanol–water partition coefficient (Wildman–Crippen LogP) is 0.0776. The lowest BCUT2D eigenvalue weighted by molar-refractivity contribution is -0.120. The lowest BCUT2D eigenvalue weighted by Crippen LogP contribution is -2.32. The Labute approximate surface area is 74.1 Å². The molecule has 0 saturated carbocycles. The summed E-state index contributed by atoms with van der Waals surface area (Å²) in [7, 11) is 1.93. The molecule has 0 aliphatic rings. The van der Waals surface area contributed by atoms with E-state index in [0.29, 0.717) is 19.5 Å². The summed E-state index contributed by atoms with van der Waals surface area (Å²) in [5.74, 6) is 2.62. The van der Waals surface area contributed by atoms with Crippen molar-refractivity contribution >= 4 is 5.91 Å². The summed E-state index contributed by atoms with van der Waals surface area (Å²) in [6.45, 7) is 3.93. The molecular formula is C9H16N2O. The van der Waals surface area contributed by atoms with Gasteiger partial charge >= 0.3 is 0 Å². The van der Waals surface area contributed by atoms with Gasteiger partial charge in [-0.25, -0.2) is 0 Å². The van der Waals surface area contributed by atoms with Gasteiger partial charge in [-0.15, -0.1) is 6.42 Å². The maximum atomic E-state index is 10.8. The van der Waals surface area contributed by atoms with Gasteiger partial charge in [0.05, 0.1) is 6.54 Å². The Balaban J connectivity index is 3.31. The van der Waals surface area contributed by atoms with Crippen LogP contribution in [0, 0.1) is 12.3 Å². The van der Waals surface area contributed by atoms with Crippen molar-refractivity contribution in [1.82, 2.24) is 10.2 Å². The van der Waals surface area contributed by atoms with Crippen molar-refractivity contribution in [3.8, 4) is 12.3 Å². The molecule has 0 radical (unpaired) electrons. The number of amides is 1. The van der Waals surface area contributed by atoms with Crippen molar-refractivity contribution in [1.29, 1.82) is 0 Å². The number of hydrogen-bond acceptors (Lipinski definition) is 2. The molecule has 0 atom stereocenters. The summed E-state index contributed by atoms with van der Waals surface area (Å²) in [6, 6.07) is 0. The molecule has 12 heavy (non-hydrogen) atoms. The van der Waals surface area contributed by atoms with E-state index in [0.717, 1.165) is 6.54 Å². The summed E-state index contributed by atoms with van der Waals surface area (Å²) in [4.78, 5) is 12.8. The van der Waals surface area contributed by atoms with Gasteiger partial charge in [0.1, 0.15) is 0 Å². The summed E-state index contributed by atoms with van der Waals surface area (Å²) >= 11 is 0. The first-order valence-corrected chi connectivity index (χ1v) is 4.09. The predicted molar refractivity (Wildman–Crippen MR) is 49.6 cm³/mol. The van der Waals surface area contributed by atoms with Crippen molar-refractivity contribution in [2.45, 2.75) is 13.3 Å². The number of rotatable bonds is 5. The average Bonchev–Trinajstić information content (AvgIpc) is 2.04. The summed E-state index contributed by atoms with van der Waals surface area (Å²) in [5.41, 5.74) is 0. The van der Waals surface area contributed by atoms with Gasteiger partial charge in [-0.05, 0) is 7.05 Å². The van der Waals surface area contributed by atoms with Crippen LogP contribution in [0.25, 0.3) is 0 Å². The third-order valence-corrected chi connectivity index (χ3v) is 1.50. The molecule has 0 aromatic heterocycles. The van der Waals surface area contributed by atoms with Crippen LogP contribution in [-0.2, 0) is 4.79 Å². The first kappa shape index (κ1) is 11.0. The standard InChI is InChI=1S/C9H16N2O/c1-4-7-11(3)8-6-10-9(12)5-2/h1H,5-8H2,2-3H3,(H,10,12). The van der Waals surface area contributed by atoms with Crippen molar-refractivity contribution < 1.29 is 4.79 Å². The second-order valence-electron chi connectivity index (χ2n) is 2.65. The third-order valence-electron chi connectivity index (χ3n) is 1.50. The molecule has 3 nitrogen and oxygen atoms in total. The Bertz CT molecular complexity index is 172. The minimum Gasteiger partial charge on any atom is -0.355 e. The van der Waals surface area contributed by atoms with E-state index in [2.05, 4.69) is 11.2 Å². The van der Waals surface area contributed by atoms with Crippen LogP contribution in [0.2, 0.25) is 0 Å². The van der Waals surface area contributed by atoms with Gasteiger partial charge in [0, 0.05) is 19.5 Å². The molecule has 1 N–H and O–H groups in total. The number of nitrogens with one attached hydrogen (secondary N) is 1. The fraction of sp³-hybridized carbons (Fsp3) is 0.667. The zero-order valence-electron chi connectivity index (χ0n) is 7.76. The van der Waals surface area contributed by atoms with E-state index >= 15 is 0 Å². The Kier molecular flexibility index (Phi) is 6.12. The van der Waals surface area contributed by atoms with Crippen LogP contribution in [0.15, 0.2) is 0 Å². The highest BCUT2D eigenvalue weighted by Gasteiger charge is 1.97. The maximum absolute atomic E-state index is 10.8. The van der Waals surface area contributed by atoms with E-state index in [4.69, 9.17) is 6.42 Å². The van der Waals surface area contributed by atoms with Gasteiger partial charge in [-0.1, -0.05) is 12.8 Å². The van der Waals surface area contributed by atoms with Crippen molar-refractivity contribution in [2.24, 2.45) is 0 Å². The molecule has 1 amide bonds. The van der Waals surface area contributed by atoms with Crippen LogP contribution < -0.4 is 5.32 Å². The quantitative estimate of drug-likeness (QED) is 0.589. The average molecular weight is 168 g/mol. The number of likely N-dealkylation sites (N-methyl/N-ethyl adjacent to an activating group) is 1. The molecule has 0 fully saturated rings. The van der Waals surface area contributed by atoms with Gasteiger partial charge in [-0.2, -0.15) is 0 Å². The van der Waals surface area contributed by atoms with Gasteiger partial charge in [0.2, 0.25) is 5.91 Å². The minimum absolute atomic E-state index is 0.0871. The fourth-order valence-electron chi connectivity index (χ4n) is 0.746. The highest BCUT2D eigenvalue weighted by Crippen LogP contribution is 1.79. The first-order chi connectivity index (χ1) is 5.70. The second-order valence-corrected chi connectivity index (χ2v) is 2.65. The number of hydrogen-bond donors (Lipinski definition) is 1. The Morgan fingerprint density at radius 2 is 2.33 bits per heavy atom. The largest absolute Gasteiger partial charge is 0.355 e. The molecule has 0 rings (SSSR count). The van der Waals surface area contributed by atoms with E-state index in [-0.39, 0.29) is 5.91 Å². The van der Waals surface area contributed by atoms with Gasteiger partial charge in [0.15, 0.2) is 0 Å². The monoisotopic (exact) mass is 168 g/mol. The smallest absolute Gasteiger partial charge is 0.219 e. The molecule has 0 saturated heterocycles. The highest BCUT2D eigenvalue weighted by atomic mass is 16.1. The number of carbonyl (C=O) groups excluding carboxylic acids is 1. The molecule has 0 aliphatic heterocycles. The Hall–Kier alpha value is -1.01. The summed E-state index contributed by atoms with van der Waals surface area (Å²) < 4.78 is 0. The summed E-state index contributed by atoms with van der Waals surface area (Å²) in [5, 5.41) is 2.77. The number of carbonyl (C=O) groups is 1. The second kappa shape index (κ2) is 6.68. The maximum Gasteiger partial charge on any atom is 0.219 e. The van der Waals surface area contributed by atoms with E-state index < -0.39 is 0 Å². The Morgan fingerprint density at radius 1 is 1.67 bits per heavy atom. The van der Waals surface area contributed by atoms with Gasteiger partial charge < -0.3 is 5.32 Å². The summed E-state index contributed by atoms with van der Waals surface area (Å²) in [6.07, 6.45) is 5.65. The molecule has 0 bridgehead atoms. The number of nitrogens with zero attached hydrogens (tertiary/aromatic N) is 1. The highest BCUT2D eigenvalue weighted by molar-refractivity contribution is 5.75. The molecule has 0 aliphatic carbocycles. The molecule has 0 aromatic rings. The van der Waals surface area contributed by atoms with Crippen LogP contribution in [0.1, 0.15) is 13.3 Å². The van der Waals surface area contributed by atoms with E-state index in [1.807, 2.05) is 18.9 Å². The van der Waals surface area contributed by atoms with Crippen LogP contribution in [0.4, 0.5) is 0 Å². The zero-order chi connectivity index (χ0) is 9.40. The molecule has 0 spiro atoms. The molecule has 0 unspecified atom stereocenters. The fourth-order valence-corrected chi connectivity index (χ4v) is 0.746. The lowest BCUT2D eigenvalue weighted by atomic mass is 10.4. The first-order valence-electron chi connectivity index (χ1n) is 4.09. The number of terminal acetylenes is 1. The SMILES string of the molecule is C#CCN(C)CCNC(=O)CC. The van der Waals surface area contributed by atoms with Crippen molar-refractivity contribution in [3.63, 3.8) is 0 Å². The van der Waals surface area contributed by atoms with Crippen LogP contribution in [0.3, 0.4) is 0 Å². The zero-order valence-corrected chi connectivity index (χ0v) is 7.76. The molecule has 68 valence electrons. The van der Waals surface area contributed by atoms with Crippen LogP contribution in [0.5, 0.6) is 0 Å². The van der Waals surface area contributed by atoms with Crippen LogP contribution >= 0.6 is 0 Å². The Morgan fingerprint density at radius 3 is 2.83 bits per heavy atom. The van der Waals surface area contributed by atoms with Gasteiger partial charge in [-0.3, -0.25) is 9.69 Å². The van der Waals surface area contributed by atoms with Crippen molar-refractivity contribution in [3.05, 3.63) is 0 Å². The lowest BCUT2D eigenvalue weighted by Gasteiger charge is -2.12. The third kappa shape index (κ3) is 5.75. The topological polar surface area (TPSA) is 32.3 Å². The van der Waals surface area contributed by atoms with E-state index in [1.54, 1.807) is 0 Å².